The van der Waals surface area contributed by atoms with Gasteiger partial charge in [-0.15, -0.1) is 0 Å². The summed E-state index contributed by atoms with van der Waals surface area (Å²) in [5, 5.41) is 0. The van der Waals surface area contributed by atoms with E-state index in [1.54, 1.807) is 4.57 Å². The van der Waals surface area contributed by atoms with E-state index in [4.69, 9.17) is 18.0 Å². The second-order valence-electron chi connectivity index (χ2n) is 4.76. The molecule has 0 fully saturated rings. The van der Waals surface area contributed by atoms with Crippen LogP contribution in [0.25, 0.3) is 0 Å². The number of aromatic nitrogens is 2. The van der Waals surface area contributed by atoms with E-state index < -0.39 is 0 Å². The smallest absolute Gasteiger partial charge is 0.253 e. The molecule has 0 radical (unpaired) electrons. The fraction of sp³-hybridized carbons (Fsp3) is 0.286. The highest BCUT2D eigenvalue weighted by atomic mass is 32.1. The topological polar surface area (TPSA) is 63.8 Å². The molecule has 0 amide bonds. The first-order chi connectivity index (χ1) is 8.95. The van der Waals surface area contributed by atoms with Gasteiger partial charge in [-0.05, 0) is 38.0 Å². The Kier molecular flexibility index (Phi) is 3.85. The van der Waals surface area contributed by atoms with Crippen molar-refractivity contribution in [2.24, 2.45) is 0 Å². The molecule has 1 heterocycles. The van der Waals surface area contributed by atoms with Crippen LogP contribution >= 0.6 is 12.2 Å². The highest BCUT2D eigenvalue weighted by Crippen LogP contribution is 2.11. The summed E-state index contributed by atoms with van der Waals surface area (Å²) >= 11 is 5.12. The monoisotopic (exact) mass is 275 g/mol. The van der Waals surface area contributed by atoms with Crippen molar-refractivity contribution < 1.29 is 0 Å². The molecule has 0 saturated carbocycles. The molecule has 100 valence electrons. The molecule has 5 heteroatoms. The zero-order valence-corrected chi connectivity index (χ0v) is 11.9. The standard InChI is InChI=1S/C14H17N3OS/c1-9-5-10(2)7-11(6-9)3-4-17-12(15)8-13(18)16-14(17)19/h5-8H,3-4,15H2,1-2H3,(H,16,18,19). The van der Waals surface area contributed by atoms with Crippen molar-refractivity contribution in [2.45, 2.75) is 26.8 Å². The second kappa shape index (κ2) is 5.40. The van der Waals surface area contributed by atoms with E-state index in [1.807, 2.05) is 0 Å². The number of nitrogens with zero attached hydrogens (tertiary/aromatic N) is 1. The predicted molar refractivity (Wildman–Crippen MR) is 79.9 cm³/mol. The molecule has 1 aromatic heterocycles. The summed E-state index contributed by atoms with van der Waals surface area (Å²) in [7, 11) is 0. The Morgan fingerprint density at radius 2 is 1.84 bits per heavy atom. The van der Waals surface area contributed by atoms with Gasteiger partial charge in [0.2, 0.25) is 0 Å². The third-order valence-corrected chi connectivity index (χ3v) is 3.29. The zero-order chi connectivity index (χ0) is 14.0. The minimum atomic E-state index is -0.259. The fourth-order valence-corrected chi connectivity index (χ4v) is 2.52. The number of anilines is 1. The Labute approximate surface area is 116 Å². The van der Waals surface area contributed by atoms with Crippen molar-refractivity contribution in [3.05, 3.63) is 56.1 Å². The first-order valence-electron chi connectivity index (χ1n) is 6.12. The van der Waals surface area contributed by atoms with Crippen LogP contribution < -0.4 is 11.3 Å². The lowest BCUT2D eigenvalue weighted by Crippen LogP contribution is -2.17. The molecule has 1 aromatic carbocycles. The van der Waals surface area contributed by atoms with Crippen molar-refractivity contribution in [3.63, 3.8) is 0 Å². The third-order valence-electron chi connectivity index (χ3n) is 2.97. The first-order valence-corrected chi connectivity index (χ1v) is 6.53. The van der Waals surface area contributed by atoms with E-state index >= 15 is 0 Å². The van der Waals surface area contributed by atoms with Crippen LogP contribution in [0.15, 0.2) is 29.1 Å². The molecule has 19 heavy (non-hydrogen) atoms. The molecule has 2 rings (SSSR count). The van der Waals surface area contributed by atoms with E-state index in [9.17, 15) is 4.79 Å². The van der Waals surface area contributed by atoms with Gasteiger partial charge in [-0.3, -0.25) is 9.78 Å². The van der Waals surface area contributed by atoms with Crippen LogP contribution in [0.4, 0.5) is 5.82 Å². The van der Waals surface area contributed by atoms with Gasteiger partial charge in [-0.2, -0.15) is 0 Å². The van der Waals surface area contributed by atoms with Gasteiger partial charge in [-0.25, -0.2) is 0 Å². The van der Waals surface area contributed by atoms with E-state index in [0.29, 0.717) is 17.1 Å². The Morgan fingerprint density at radius 1 is 1.21 bits per heavy atom. The Bertz CT molecular complexity index is 695. The van der Waals surface area contributed by atoms with E-state index in [-0.39, 0.29) is 5.56 Å². The lowest BCUT2D eigenvalue weighted by atomic mass is 10.1. The van der Waals surface area contributed by atoms with Crippen molar-refractivity contribution in [1.82, 2.24) is 9.55 Å². The number of H-pyrrole nitrogens is 1. The molecule has 0 aliphatic rings. The molecule has 0 aliphatic carbocycles. The highest BCUT2D eigenvalue weighted by Gasteiger charge is 2.02. The second-order valence-corrected chi connectivity index (χ2v) is 5.15. The van der Waals surface area contributed by atoms with Crippen LogP contribution in [-0.4, -0.2) is 9.55 Å². The van der Waals surface area contributed by atoms with Crippen molar-refractivity contribution in [2.75, 3.05) is 5.73 Å². The maximum absolute atomic E-state index is 11.2. The number of nitrogens with one attached hydrogen (secondary N) is 1. The average molecular weight is 275 g/mol. The van der Waals surface area contributed by atoms with Gasteiger partial charge in [0.15, 0.2) is 4.77 Å². The predicted octanol–water partition coefficient (Wildman–Crippen LogP) is 2.35. The normalized spacial score (nSPS) is 10.6. The van der Waals surface area contributed by atoms with Crippen molar-refractivity contribution >= 4 is 18.0 Å². The molecule has 2 aromatic rings. The summed E-state index contributed by atoms with van der Waals surface area (Å²) in [5.74, 6) is 0.401. The van der Waals surface area contributed by atoms with Gasteiger partial charge in [-0.1, -0.05) is 29.3 Å². The molecular formula is C14H17N3OS. The van der Waals surface area contributed by atoms with Gasteiger partial charge in [0, 0.05) is 12.6 Å². The molecule has 4 nitrogen and oxygen atoms in total. The number of aryl methyl sites for hydroxylation is 3. The SMILES string of the molecule is Cc1cc(C)cc(CCn2c(N)cc(=O)[nH]c2=S)c1. The largest absolute Gasteiger partial charge is 0.385 e. The molecule has 0 saturated heterocycles. The van der Waals surface area contributed by atoms with Gasteiger partial charge in [0.1, 0.15) is 5.82 Å². The summed E-state index contributed by atoms with van der Waals surface area (Å²) in [6.45, 7) is 4.82. The number of benzene rings is 1. The summed E-state index contributed by atoms with van der Waals surface area (Å²) in [6.07, 6.45) is 0.826. The van der Waals surface area contributed by atoms with Gasteiger partial charge in [0.25, 0.3) is 5.56 Å². The van der Waals surface area contributed by atoms with Gasteiger partial charge in [0.05, 0.1) is 0 Å². The maximum Gasteiger partial charge on any atom is 0.253 e. The fourth-order valence-electron chi connectivity index (χ4n) is 2.22. The quantitative estimate of drug-likeness (QED) is 0.845. The molecule has 0 spiro atoms. The lowest BCUT2D eigenvalue weighted by molar-refractivity contribution is 0.672. The van der Waals surface area contributed by atoms with Crippen LogP contribution in [-0.2, 0) is 13.0 Å². The molecule has 3 N–H and O–H groups in total. The zero-order valence-electron chi connectivity index (χ0n) is 11.1. The summed E-state index contributed by atoms with van der Waals surface area (Å²) < 4.78 is 2.11. The lowest BCUT2D eigenvalue weighted by Gasteiger charge is -2.10. The number of nitrogen functional groups attached to an aromatic ring is 1. The van der Waals surface area contributed by atoms with Crippen LogP contribution in [0.1, 0.15) is 16.7 Å². The highest BCUT2D eigenvalue weighted by molar-refractivity contribution is 7.71. The molecule has 0 unspecified atom stereocenters. The molecule has 0 atom stereocenters. The van der Waals surface area contributed by atoms with Gasteiger partial charge >= 0.3 is 0 Å². The molecule has 0 aliphatic heterocycles. The third kappa shape index (κ3) is 3.32. The Balaban J connectivity index is 2.24. The minimum Gasteiger partial charge on any atom is -0.385 e. The van der Waals surface area contributed by atoms with Crippen LogP contribution in [0.2, 0.25) is 0 Å². The Morgan fingerprint density at radius 3 is 2.42 bits per heavy atom. The van der Waals surface area contributed by atoms with Crippen LogP contribution in [0.3, 0.4) is 0 Å². The maximum atomic E-state index is 11.2. The van der Waals surface area contributed by atoms with Crippen molar-refractivity contribution in [1.29, 1.82) is 0 Å². The number of rotatable bonds is 3. The van der Waals surface area contributed by atoms with E-state index in [0.717, 1.165) is 6.42 Å². The first kappa shape index (κ1) is 13.5. The van der Waals surface area contributed by atoms with Crippen molar-refractivity contribution in [3.8, 4) is 0 Å². The number of aromatic amines is 1. The average Bonchev–Trinajstić information content (AvgIpc) is 2.25. The van der Waals surface area contributed by atoms with Gasteiger partial charge < -0.3 is 10.3 Å². The summed E-state index contributed by atoms with van der Waals surface area (Å²) in [5.41, 5.74) is 9.29. The van der Waals surface area contributed by atoms with Crippen LogP contribution in [0.5, 0.6) is 0 Å². The summed E-state index contributed by atoms with van der Waals surface area (Å²) in [6, 6.07) is 7.80. The van der Waals surface area contributed by atoms with E-state index in [2.05, 4.69) is 37.0 Å². The van der Waals surface area contributed by atoms with Crippen LogP contribution in [0, 0.1) is 18.6 Å². The molecular weight excluding hydrogens is 258 g/mol. The Hall–Kier alpha value is -1.88. The number of hydrogen-bond acceptors (Lipinski definition) is 3. The summed E-state index contributed by atoms with van der Waals surface area (Å²) in [4.78, 5) is 13.8. The molecule has 0 bridgehead atoms. The number of nitrogens with two attached hydrogens (primary N) is 1. The van der Waals surface area contributed by atoms with E-state index in [1.165, 1.54) is 22.8 Å². The minimum absolute atomic E-state index is 0.259. The number of hydrogen-bond donors (Lipinski definition) is 2.